The number of piperidine rings is 2. The second-order valence-corrected chi connectivity index (χ2v) is 6.74. The van der Waals surface area contributed by atoms with Gasteiger partial charge in [-0.25, -0.2) is 0 Å². The molecule has 3 nitrogen and oxygen atoms in total. The third kappa shape index (κ3) is 3.58. The summed E-state index contributed by atoms with van der Waals surface area (Å²) in [4.78, 5) is 5.34. The number of nitrogens with zero attached hydrogens (tertiary/aromatic N) is 2. The number of hydrogen-bond donors (Lipinski definition) is 1. The van der Waals surface area contributed by atoms with Crippen LogP contribution in [0.4, 0.5) is 5.69 Å². The Morgan fingerprint density at radius 1 is 1.05 bits per heavy atom. The van der Waals surface area contributed by atoms with Crippen molar-refractivity contribution >= 4 is 5.69 Å². The highest BCUT2D eigenvalue weighted by Gasteiger charge is 2.25. The second-order valence-electron chi connectivity index (χ2n) is 6.74. The monoisotopic (exact) mass is 287 g/mol. The normalized spacial score (nSPS) is 22.5. The third-order valence-electron chi connectivity index (χ3n) is 5.35. The van der Waals surface area contributed by atoms with E-state index in [1.54, 1.807) is 0 Å². The first-order valence-electron chi connectivity index (χ1n) is 8.54. The zero-order chi connectivity index (χ0) is 14.7. The van der Waals surface area contributed by atoms with Crippen molar-refractivity contribution in [2.75, 3.05) is 31.9 Å². The molecule has 2 aliphatic heterocycles. The molecule has 1 aromatic rings. The van der Waals surface area contributed by atoms with Gasteiger partial charge in [-0.1, -0.05) is 18.6 Å². The number of benzene rings is 1. The van der Waals surface area contributed by atoms with E-state index in [4.69, 9.17) is 5.73 Å². The minimum absolute atomic E-state index is 0.837. The van der Waals surface area contributed by atoms with E-state index in [0.29, 0.717) is 0 Å². The number of rotatable bonds is 3. The summed E-state index contributed by atoms with van der Waals surface area (Å²) >= 11 is 0. The molecule has 0 unspecified atom stereocenters. The molecule has 0 atom stereocenters. The summed E-state index contributed by atoms with van der Waals surface area (Å²) in [6.45, 7) is 8.33. The quantitative estimate of drug-likeness (QED) is 0.867. The second kappa shape index (κ2) is 6.80. The molecule has 0 aromatic heterocycles. The Hall–Kier alpha value is -1.06. The highest BCUT2D eigenvalue weighted by atomic mass is 15.2. The molecule has 3 rings (SSSR count). The van der Waals surface area contributed by atoms with Gasteiger partial charge in [-0.2, -0.15) is 0 Å². The molecule has 0 spiro atoms. The summed E-state index contributed by atoms with van der Waals surface area (Å²) < 4.78 is 0. The molecular weight excluding hydrogens is 258 g/mol. The highest BCUT2D eigenvalue weighted by Crippen LogP contribution is 2.23. The highest BCUT2D eigenvalue weighted by molar-refractivity contribution is 5.49. The van der Waals surface area contributed by atoms with Crippen molar-refractivity contribution in [3.05, 3.63) is 29.3 Å². The van der Waals surface area contributed by atoms with Crippen molar-refractivity contribution in [1.82, 2.24) is 9.80 Å². The fraction of sp³-hybridized carbons (Fsp3) is 0.667. The van der Waals surface area contributed by atoms with Crippen LogP contribution >= 0.6 is 0 Å². The van der Waals surface area contributed by atoms with Crippen molar-refractivity contribution in [2.45, 2.75) is 51.6 Å². The van der Waals surface area contributed by atoms with Crippen molar-refractivity contribution < 1.29 is 0 Å². The first-order valence-corrected chi connectivity index (χ1v) is 8.54. The molecule has 0 saturated carbocycles. The van der Waals surface area contributed by atoms with Crippen molar-refractivity contribution in [2.24, 2.45) is 0 Å². The largest absolute Gasteiger partial charge is 0.399 e. The van der Waals surface area contributed by atoms with Crippen LogP contribution in [0.1, 0.15) is 43.2 Å². The minimum atomic E-state index is 0.837. The molecule has 2 aliphatic rings. The van der Waals surface area contributed by atoms with E-state index in [1.807, 2.05) is 6.07 Å². The maximum atomic E-state index is 6.02. The van der Waals surface area contributed by atoms with Crippen LogP contribution in [0.15, 0.2) is 18.2 Å². The van der Waals surface area contributed by atoms with Crippen LogP contribution in [-0.4, -0.2) is 42.0 Å². The molecule has 0 radical (unpaired) electrons. The number of anilines is 1. The van der Waals surface area contributed by atoms with E-state index in [9.17, 15) is 0 Å². The van der Waals surface area contributed by atoms with Crippen molar-refractivity contribution in [3.63, 3.8) is 0 Å². The van der Waals surface area contributed by atoms with Gasteiger partial charge >= 0.3 is 0 Å². The van der Waals surface area contributed by atoms with Crippen molar-refractivity contribution in [1.29, 1.82) is 0 Å². The molecule has 2 saturated heterocycles. The van der Waals surface area contributed by atoms with Crippen LogP contribution in [0, 0.1) is 6.92 Å². The summed E-state index contributed by atoms with van der Waals surface area (Å²) in [5, 5.41) is 0. The SMILES string of the molecule is Cc1c(N)cccc1CN1CCC(N2CCCCC2)CC1. The van der Waals surface area contributed by atoms with Gasteiger partial charge in [0.05, 0.1) is 0 Å². The summed E-state index contributed by atoms with van der Waals surface area (Å²) in [7, 11) is 0. The van der Waals surface area contributed by atoms with Gasteiger partial charge in [-0.3, -0.25) is 4.90 Å². The fourth-order valence-electron chi connectivity index (χ4n) is 3.84. The lowest BCUT2D eigenvalue weighted by molar-refractivity contribution is 0.0896. The average molecular weight is 287 g/mol. The molecule has 116 valence electrons. The predicted octanol–water partition coefficient (Wildman–Crippen LogP) is 3.03. The third-order valence-corrected chi connectivity index (χ3v) is 5.35. The summed E-state index contributed by atoms with van der Waals surface area (Å²) in [5.74, 6) is 0. The van der Waals surface area contributed by atoms with Gasteiger partial charge in [0, 0.05) is 18.3 Å². The van der Waals surface area contributed by atoms with E-state index in [1.165, 1.54) is 69.4 Å². The topological polar surface area (TPSA) is 32.5 Å². The Kier molecular flexibility index (Phi) is 4.81. The van der Waals surface area contributed by atoms with Gasteiger partial charge < -0.3 is 10.6 Å². The van der Waals surface area contributed by atoms with Gasteiger partial charge in [0.1, 0.15) is 0 Å². The average Bonchev–Trinajstić information content (AvgIpc) is 2.53. The van der Waals surface area contributed by atoms with Gasteiger partial charge in [-0.15, -0.1) is 0 Å². The lowest BCUT2D eigenvalue weighted by Crippen LogP contribution is -2.46. The van der Waals surface area contributed by atoms with E-state index in [2.05, 4.69) is 28.9 Å². The Balaban J connectivity index is 1.52. The van der Waals surface area contributed by atoms with Gasteiger partial charge in [0.25, 0.3) is 0 Å². The van der Waals surface area contributed by atoms with Crippen LogP contribution in [0.25, 0.3) is 0 Å². The first-order chi connectivity index (χ1) is 10.2. The summed E-state index contributed by atoms with van der Waals surface area (Å²) in [6, 6.07) is 7.14. The zero-order valence-electron chi connectivity index (χ0n) is 13.4. The molecule has 1 aromatic carbocycles. The molecule has 2 heterocycles. The Morgan fingerprint density at radius 2 is 1.76 bits per heavy atom. The maximum Gasteiger partial charge on any atom is 0.0346 e. The predicted molar refractivity (Wildman–Crippen MR) is 89.3 cm³/mol. The summed E-state index contributed by atoms with van der Waals surface area (Å²) in [5.41, 5.74) is 9.60. The van der Waals surface area contributed by atoms with Gasteiger partial charge in [-0.05, 0) is 76.0 Å². The molecule has 2 N–H and O–H groups in total. The van der Waals surface area contributed by atoms with Gasteiger partial charge in [0.2, 0.25) is 0 Å². The molecule has 3 heteroatoms. The zero-order valence-corrected chi connectivity index (χ0v) is 13.4. The number of hydrogen-bond acceptors (Lipinski definition) is 3. The Morgan fingerprint density at radius 3 is 2.48 bits per heavy atom. The van der Waals surface area contributed by atoms with Gasteiger partial charge in [0.15, 0.2) is 0 Å². The van der Waals surface area contributed by atoms with E-state index < -0.39 is 0 Å². The molecule has 0 amide bonds. The van der Waals surface area contributed by atoms with E-state index in [-0.39, 0.29) is 0 Å². The fourth-order valence-corrected chi connectivity index (χ4v) is 3.84. The lowest BCUT2D eigenvalue weighted by Gasteiger charge is -2.40. The Labute approximate surface area is 129 Å². The van der Waals surface area contributed by atoms with Crippen LogP contribution < -0.4 is 5.73 Å². The smallest absolute Gasteiger partial charge is 0.0346 e. The number of nitrogen functional groups attached to an aromatic ring is 1. The maximum absolute atomic E-state index is 6.02. The number of likely N-dealkylation sites (tertiary alicyclic amines) is 2. The molecule has 21 heavy (non-hydrogen) atoms. The van der Waals surface area contributed by atoms with E-state index in [0.717, 1.165) is 18.3 Å². The van der Waals surface area contributed by atoms with Crippen LogP contribution in [0.5, 0.6) is 0 Å². The minimum Gasteiger partial charge on any atom is -0.399 e. The molecular formula is C18H29N3. The van der Waals surface area contributed by atoms with Crippen LogP contribution in [-0.2, 0) is 6.54 Å². The Bertz CT molecular complexity index is 458. The van der Waals surface area contributed by atoms with E-state index >= 15 is 0 Å². The molecule has 0 aliphatic carbocycles. The van der Waals surface area contributed by atoms with Crippen LogP contribution in [0.2, 0.25) is 0 Å². The molecule has 2 fully saturated rings. The van der Waals surface area contributed by atoms with Crippen molar-refractivity contribution in [3.8, 4) is 0 Å². The lowest BCUT2D eigenvalue weighted by atomic mass is 9.99. The standard InChI is InChI=1S/C18H29N3/c1-15-16(6-5-7-18(15)19)14-20-12-8-17(9-13-20)21-10-3-2-4-11-21/h5-7,17H,2-4,8-14,19H2,1H3. The molecule has 0 bridgehead atoms. The first kappa shape index (κ1) is 14.9. The summed E-state index contributed by atoms with van der Waals surface area (Å²) in [6.07, 6.45) is 6.91. The number of nitrogens with two attached hydrogens (primary N) is 1. The van der Waals surface area contributed by atoms with Crippen LogP contribution in [0.3, 0.4) is 0 Å².